The number of hydrogen-bond donors (Lipinski definition) is 2. The van der Waals surface area contributed by atoms with Gasteiger partial charge < -0.3 is 19.9 Å². The van der Waals surface area contributed by atoms with Gasteiger partial charge in [-0.1, -0.05) is 30.3 Å². The second-order valence-electron chi connectivity index (χ2n) is 7.34. The number of amides is 2. The molecular weight excluding hydrogens is 384 g/mol. The van der Waals surface area contributed by atoms with Crippen LogP contribution >= 0.6 is 0 Å². The Morgan fingerprint density at radius 1 is 1.20 bits per heavy atom. The third kappa shape index (κ3) is 6.01. The van der Waals surface area contributed by atoms with Crippen molar-refractivity contribution in [2.45, 2.75) is 13.0 Å². The average Bonchev–Trinajstić information content (AvgIpc) is 2.78. The molecule has 1 aromatic heterocycles. The molecule has 0 atom stereocenters. The standard InChI is InChI=1S/C22H28N4O4/c1-25(16-17-6-3-2-4-7-17)22(29)19-14-18(15-24-21(19)28)20(27)23-8-5-9-26-10-12-30-13-11-26/h2-4,6-7,14-15H,5,8-13,16H2,1H3,(H,23,27)(H,24,28). The van der Waals surface area contributed by atoms with E-state index in [4.69, 9.17) is 4.74 Å². The highest BCUT2D eigenvalue weighted by atomic mass is 16.5. The van der Waals surface area contributed by atoms with Crippen molar-refractivity contribution in [2.75, 3.05) is 46.4 Å². The fraction of sp³-hybridized carbons (Fsp3) is 0.409. The van der Waals surface area contributed by atoms with E-state index in [-0.39, 0.29) is 17.0 Å². The van der Waals surface area contributed by atoms with Crippen LogP contribution in [0.1, 0.15) is 32.7 Å². The Bertz CT molecular complexity index is 907. The minimum Gasteiger partial charge on any atom is -0.379 e. The minimum absolute atomic E-state index is 0.0469. The van der Waals surface area contributed by atoms with Crippen LogP contribution in [0.15, 0.2) is 47.4 Å². The fourth-order valence-corrected chi connectivity index (χ4v) is 3.34. The van der Waals surface area contributed by atoms with Gasteiger partial charge in [0.1, 0.15) is 5.56 Å². The first-order chi connectivity index (χ1) is 14.5. The Kier molecular flexibility index (Phi) is 7.75. The van der Waals surface area contributed by atoms with E-state index in [2.05, 4.69) is 15.2 Å². The quantitative estimate of drug-likeness (QED) is 0.633. The van der Waals surface area contributed by atoms with Crippen LogP contribution in [0, 0.1) is 0 Å². The van der Waals surface area contributed by atoms with Gasteiger partial charge in [-0.25, -0.2) is 0 Å². The van der Waals surface area contributed by atoms with Crippen molar-refractivity contribution in [1.82, 2.24) is 20.1 Å². The molecule has 0 aliphatic carbocycles. The lowest BCUT2D eigenvalue weighted by atomic mass is 10.1. The van der Waals surface area contributed by atoms with Crippen LogP contribution in [0.4, 0.5) is 0 Å². The van der Waals surface area contributed by atoms with Gasteiger partial charge in [-0.3, -0.25) is 19.3 Å². The second kappa shape index (κ2) is 10.7. The van der Waals surface area contributed by atoms with Crippen molar-refractivity contribution in [1.29, 1.82) is 0 Å². The third-order valence-corrected chi connectivity index (χ3v) is 5.05. The van der Waals surface area contributed by atoms with Gasteiger partial charge in [0.15, 0.2) is 0 Å². The Morgan fingerprint density at radius 3 is 2.67 bits per heavy atom. The highest BCUT2D eigenvalue weighted by Gasteiger charge is 2.18. The van der Waals surface area contributed by atoms with Crippen molar-refractivity contribution in [3.05, 3.63) is 69.6 Å². The average molecular weight is 412 g/mol. The molecule has 2 amide bonds. The first kappa shape index (κ1) is 21.7. The zero-order chi connectivity index (χ0) is 21.3. The van der Waals surface area contributed by atoms with E-state index in [1.54, 1.807) is 7.05 Å². The Labute approximate surface area is 175 Å². The molecular formula is C22H28N4O4. The van der Waals surface area contributed by atoms with E-state index in [9.17, 15) is 14.4 Å². The summed E-state index contributed by atoms with van der Waals surface area (Å²) in [5.74, 6) is -0.741. The largest absolute Gasteiger partial charge is 0.379 e. The van der Waals surface area contributed by atoms with Gasteiger partial charge in [0.05, 0.1) is 18.8 Å². The molecule has 160 valence electrons. The number of benzene rings is 1. The summed E-state index contributed by atoms with van der Waals surface area (Å²) in [5.41, 5.74) is 0.662. The van der Waals surface area contributed by atoms with Gasteiger partial charge in [0.25, 0.3) is 17.4 Å². The maximum absolute atomic E-state index is 12.7. The summed E-state index contributed by atoms with van der Waals surface area (Å²) in [6, 6.07) is 10.9. The zero-order valence-electron chi connectivity index (χ0n) is 17.2. The number of ether oxygens (including phenoxy) is 1. The minimum atomic E-state index is -0.510. The van der Waals surface area contributed by atoms with Crippen LogP contribution < -0.4 is 10.9 Å². The summed E-state index contributed by atoms with van der Waals surface area (Å²) in [7, 11) is 1.63. The van der Waals surface area contributed by atoms with Gasteiger partial charge in [0.2, 0.25) is 0 Å². The molecule has 2 N–H and O–H groups in total. The molecule has 0 unspecified atom stereocenters. The molecule has 0 spiro atoms. The molecule has 30 heavy (non-hydrogen) atoms. The van der Waals surface area contributed by atoms with E-state index < -0.39 is 11.5 Å². The molecule has 2 aromatic rings. The van der Waals surface area contributed by atoms with Crippen molar-refractivity contribution in [3.63, 3.8) is 0 Å². The normalized spacial score (nSPS) is 14.3. The first-order valence-electron chi connectivity index (χ1n) is 10.1. The van der Waals surface area contributed by atoms with Crippen LogP contribution in [0.3, 0.4) is 0 Å². The second-order valence-corrected chi connectivity index (χ2v) is 7.34. The number of carbonyl (C=O) groups is 2. The summed E-state index contributed by atoms with van der Waals surface area (Å²) < 4.78 is 5.32. The van der Waals surface area contributed by atoms with Crippen LogP contribution in [-0.4, -0.2) is 73.0 Å². The van der Waals surface area contributed by atoms with Gasteiger partial charge in [0, 0.05) is 39.4 Å². The number of pyridine rings is 1. The van der Waals surface area contributed by atoms with Crippen LogP contribution in [-0.2, 0) is 11.3 Å². The maximum Gasteiger partial charge on any atom is 0.260 e. The molecule has 0 bridgehead atoms. The number of nitrogens with one attached hydrogen (secondary N) is 2. The molecule has 3 rings (SSSR count). The van der Waals surface area contributed by atoms with Crippen molar-refractivity contribution in [2.24, 2.45) is 0 Å². The summed E-state index contributed by atoms with van der Waals surface area (Å²) in [5, 5.41) is 2.85. The van der Waals surface area contributed by atoms with Crippen LogP contribution in [0.25, 0.3) is 0 Å². The van der Waals surface area contributed by atoms with Crippen LogP contribution in [0.5, 0.6) is 0 Å². The van der Waals surface area contributed by atoms with E-state index in [1.165, 1.54) is 17.2 Å². The smallest absolute Gasteiger partial charge is 0.260 e. The number of nitrogens with zero attached hydrogens (tertiary/aromatic N) is 2. The summed E-state index contributed by atoms with van der Waals surface area (Å²) in [6.45, 7) is 5.11. The van der Waals surface area contributed by atoms with Gasteiger partial charge >= 0.3 is 0 Å². The molecule has 1 saturated heterocycles. The van der Waals surface area contributed by atoms with Gasteiger partial charge in [-0.05, 0) is 24.6 Å². The van der Waals surface area contributed by atoms with E-state index >= 15 is 0 Å². The SMILES string of the molecule is CN(Cc1ccccc1)C(=O)c1cc(C(=O)NCCCN2CCOCC2)c[nH]c1=O. The van der Waals surface area contributed by atoms with Crippen LogP contribution in [0.2, 0.25) is 0 Å². The Morgan fingerprint density at radius 2 is 1.93 bits per heavy atom. The Hall–Kier alpha value is -2.97. The van der Waals surface area contributed by atoms with Crippen molar-refractivity contribution < 1.29 is 14.3 Å². The Balaban J connectivity index is 1.56. The lowest BCUT2D eigenvalue weighted by Gasteiger charge is -2.26. The summed E-state index contributed by atoms with van der Waals surface area (Å²) in [4.78, 5) is 43.6. The summed E-state index contributed by atoms with van der Waals surface area (Å²) >= 11 is 0. The molecule has 1 aliphatic rings. The number of rotatable bonds is 8. The highest BCUT2D eigenvalue weighted by molar-refractivity contribution is 5.99. The van der Waals surface area contributed by atoms with E-state index in [0.717, 1.165) is 44.8 Å². The lowest BCUT2D eigenvalue weighted by Crippen LogP contribution is -2.38. The number of hydrogen-bond acceptors (Lipinski definition) is 5. The number of aromatic amines is 1. The molecule has 0 saturated carbocycles. The molecule has 0 radical (unpaired) electrons. The summed E-state index contributed by atoms with van der Waals surface area (Å²) in [6.07, 6.45) is 2.16. The number of morpholine rings is 1. The predicted octanol–water partition coefficient (Wildman–Crippen LogP) is 1.10. The number of aromatic nitrogens is 1. The molecule has 8 heteroatoms. The van der Waals surface area contributed by atoms with E-state index in [1.807, 2.05) is 30.3 Å². The maximum atomic E-state index is 12.7. The molecule has 1 aliphatic heterocycles. The number of carbonyl (C=O) groups excluding carboxylic acids is 2. The monoisotopic (exact) mass is 412 g/mol. The fourth-order valence-electron chi connectivity index (χ4n) is 3.34. The highest BCUT2D eigenvalue weighted by Crippen LogP contribution is 2.07. The zero-order valence-corrected chi connectivity index (χ0v) is 17.2. The molecule has 1 aromatic carbocycles. The molecule has 2 heterocycles. The number of H-pyrrole nitrogens is 1. The third-order valence-electron chi connectivity index (χ3n) is 5.05. The predicted molar refractivity (Wildman–Crippen MR) is 114 cm³/mol. The van der Waals surface area contributed by atoms with Gasteiger partial charge in [-0.15, -0.1) is 0 Å². The molecule has 8 nitrogen and oxygen atoms in total. The van der Waals surface area contributed by atoms with E-state index in [0.29, 0.717) is 13.1 Å². The first-order valence-corrected chi connectivity index (χ1v) is 10.1. The topological polar surface area (TPSA) is 94.7 Å². The lowest BCUT2D eigenvalue weighted by molar-refractivity contribution is 0.0374. The van der Waals surface area contributed by atoms with Crippen molar-refractivity contribution >= 4 is 11.8 Å². The van der Waals surface area contributed by atoms with Crippen molar-refractivity contribution in [3.8, 4) is 0 Å². The van der Waals surface area contributed by atoms with Gasteiger partial charge in [-0.2, -0.15) is 0 Å². The molecule has 1 fully saturated rings.